The van der Waals surface area contributed by atoms with Crippen LogP contribution in [0.1, 0.15) is 11.3 Å². The largest absolute Gasteiger partial charge is 0.467 e. The van der Waals surface area contributed by atoms with E-state index in [1.807, 2.05) is 30.3 Å². The molecule has 1 N–H and O–H groups in total. The van der Waals surface area contributed by atoms with Crippen molar-refractivity contribution in [2.75, 3.05) is 32.7 Å². The summed E-state index contributed by atoms with van der Waals surface area (Å²) in [4.78, 5) is 16.5. The molecule has 0 unspecified atom stereocenters. The molecule has 2 aromatic rings. The van der Waals surface area contributed by atoms with Crippen molar-refractivity contribution in [3.63, 3.8) is 0 Å². The Morgan fingerprint density at radius 1 is 1.04 bits per heavy atom. The second-order valence-electron chi connectivity index (χ2n) is 6.11. The van der Waals surface area contributed by atoms with Gasteiger partial charge in [0, 0.05) is 48.3 Å². The minimum absolute atomic E-state index is 0.0130. The first-order valence-electron chi connectivity index (χ1n) is 8.28. The smallest absolute Gasteiger partial charge is 0.234 e. The SMILES string of the molecule is O=C(CN1CCN(Cc2c(Cl)cccc2Cl)CC1)NCc1ccco1. The Morgan fingerprint density at radius 3 is 2.36 bits per heavy atom. The highest BCUT2D eigenvalue weighted by atomic mass is 35.5. The van der Waals surface area contributed by atoms with Gasteiger partial charge >= 0.3 is 0 Å². The minimum Gasteiger partial charge on any atom is -0.467 e. The predicted octanol–water partition coefficient (Wildman–Crippen LogP) is 3.02. The van der Waals surface area contributed by atoms with Gasteiger partial charge in [0.1, 0.15) is 5.76 Å². The number of hydrogen-bond donors (Lipinski definition) is 1. The predicted molar refractivity (Wildman–Crippen MR) is 98.7 cm³/mol. The summed E-state index contributed by atoms with van der Waals surface area (Å²) in [5.41, 5.74) is 0.968. The summed E-state index contributed by atoms with van der Waals surface area (Å²) in [6.45, 7) is 5.02. The van der Waals surface area contributed by atoms with E-state index < -0.39 is 0 Å². The first kappa shape index (κ1) is 18.3. The fraction of sp³-hybridized carbons (Fsp3) is 0.389. The van der Waals surface area contributed by atoms with Crippen LogP contribution in [0.3, 0.4) is 0 Å². The normalized spacial score (nSPS) is 16.1. The molecule has 2 heterocycles. The van der Waals surface area contributed by atoms with E-state index in [-0.39, 0.29) is 5.91 Å². The maximum absolute atomic E-state index is 12.0. The van der Waals surface area contributed by atoms with E-state index in [1.165, 1.54) is 0 Å². The van der Waals surface area contributed by atoms with Crippen LogP contribution in [0.5, 0.6) is 0 Å². The van der Waals surface area contributed by atoms with Crippen molar-refractivity contribution in [3.8, 4) is 0 Å². The molecule has 3 rings (SSSR count). The lowest BCUT2D eigenvalue weighted by Gasteiger charge is -2.34. The van der Waals surface area contributed by atoms with E-state index in [1.54, 1.807) is 6.26 Å². The Hall–Kier alpha value is -1.53. The monoisotopic (exact) mass is 381 g/mol. The molecule has 0 spiro atoms. The Bertz CT molecular complexity index is 678. The van der Waals surface area contributed by atoms with Crippen molar-refractivity contribution in [2.45, 2.75) is 13.1 Å². The summed E-state index contributed by atoms with van der Waals surface area (Å²) in [6, 6.07) is 9.24. The van der Waals surface area contributed by atoms with Gasteiger partial charge in [-0.2, -0.15) is 0 Å². The van der Waals surface area contributed by atoms with E-state index in [9.17, 15) is 4.79 Å². The highest BCUT2D eigenvalue weighted by Gasteiger charge is 2.20. The van der Waals surface area contributed by atoms with E-state index in [0.29, 0.717) is 23.1 Å². The van der Waals surface area contributed by atoms with E-state index in [4.69, 9.17) is 27.6 Å². The number of carbonyl (C=O) groups is 1. The summed E-state index contributed by atoms with van der Waals surface area (Å²) >= 11 is 12.5. The average molecular weight is 382 g/mol. The van der Waals surface area contributed by atoms with Crippen LogP contribution in [0.25, 0.3) is 0 Å². The minimum atomic E-state index is 0.0130. The number of nitrogens with zero attached hydrogens (tertiary/aromatic N) is 2. The molecule has 0 aliphatic carbocycles. The van der Waals surface area contributed by atoms with Crippen LogP contribution >= 0.6 is 23.2 Å². The molecule has 1 saturated heterocycles. The van der Waals surface area contributed by atoms with Crippen molar-refractivity contribution in [1.82, 2.24) is 15.1 Å². The van der Waals surface area contributed by atoms with Gasteiger partial charge in [-0.05, 0) is 24.3 Å². The van der Waals surface area contributed by atoms with Gasteiger partial charge in [0.05, 0.1) is 19.4 Å². The van der Waals surface area contributed by atoms with Crippen LogP contribution in [0.4, 0.5) is 0 Å². The molecule has 1 aliphatic rings. The molecule has 0 saturated carbocycles. The Balaban J connectivity index is 1.42. The van der Waals surface area contributed by atoms with Crippen molar-refractivity contribution in [2.24, 2.45) is 0 Å². The van der Waals surface area contributed by atoms with Crippen LogP contribution in [0.2, 0.25) is 10.0 Å². The Labute approximate surface area is 157 Å². The maximum Gasteiger partial charge on any atom is 0.234 e. The highest BCUT2D eigenvalue weighted by molar-refractivity contribution is 6.35. The molecule has 1 aromatic heterocycles. The molecule has 1 aromatic carbocycles. The molecule has 0 radical (unpaired) electrons. The number of benzene rings is 1. The second-order valence-corrected chi connectivity index (χ2v) is 6.92. The molecule has 1 amide bonds. The molecule has 5 nitrogen and oxygen atoms in total. The molecular formula is C18H21Cl2N3O2. The van der Waals surface area contributed by atoms with Gasteiger partial charge in [0.2, 0.25) is 5.91 Å². The number of piperazine rings is 1. The van der Waals surface area contributed by atoms with Crippen molar-refractivity contribution in [1.29, 1.82) is 0 Å². The topological polar surface area (TPSA) is 48.7 Å². The fourth-order valence-corrected chi connectivity index (χ4v) is 3.39. The summed E-state index contributed by atoms with van der Waals surface area (Å²) < 4.78 is 5.21. The summed E-state index contributed by atoms with van der Waals surface area (Å²) in [5.74, 6) is 0.772. The molecule has 25 heavy (non-hydrogen) atoms. The van der Waals surface area contributed by atoms with Gasteiger partial charge in [-0.1, -0.05) is 29.3 Å². The lowest BCUT2D eigenvalue weighted by atomic mass is 10.2. The third kappa shape index (κ3) is 5.22. The van der Waals surface area contributed by atoms with Crippen molar-refractivity contribution < 1.29 is 9.21 Å². The van der Waals surface area contributed by atoms with Crippen LogP contribution < -0.4 is 5.32 Å². The summed E-state index contributed by atoms with van der Waals surface area (Å²) in [7, 11) is 0. The Kier molecular flexibility index (Phi) is 6.37. The van der Waals surface area contributed by atoms with Crippen molar-refractivity contribution >= 4 is 29.1 Å². The number of furan rings is 1. The molecule has 0 bridgehead atoms. The number of carbonyl (C=O) groups excluding carboxylic acids is 1. The number of amides is 1. The van der Waals surface area contributed by atoms with Gasteiger partial charge in [-0.3, -0.25) is 14.6 Å². The molecule has 1 aliphatic heterocycles. The van der Waals surface area contributed by atoms with Gasteiger partial charge in [-0.25, -0.2) is 0 Å². The number of halogens is 2. The number of nitrogens with one attached hydrogen (secondary N) is 1. The molecule has 7 heteroatoms. The first-order chi connectivity index (χ1) is 12.1. The summed E-state index contributed by atoms with van der Waals surface area (Å²) in [5, 5.41) is 4.28. The Morgan fingerprint density at radius 2 is 1.72 bits per heavy atom. The van der Waals surface area contributed by atoms with Crippen LogP contribution in [-0.4, -0.2) is 48.4 Å². The van der Waals surface area contributed by atoms with Gasteiger partial charge in [0.25, 0.3) is 0 Å². The average Bonchev–Trinajstić information content (AvgIpc) is 3.12. The lowest BCUT2D eigenvalue weighted by Crippen LogP contribution is -2.49. The summed E-state index contributed by atoms with van der Waals surface area (Å²) in [6.07, 6.45) is 1.60. The molecule has 0 atom stereocenters. The number of hydrogen-bond acceptors (Lipinski definition) is 4. The molecule has 134 valence electrons. The van der Waals surface area contributed by atoms with E-state index in [2.05, 4.69) is 15.1 Å². The van der Waals surface area contributed by atoms with Gasteiger partial charge in [0.15, 0.2) is 0 Å². The third-order valence-corrected chi connectivity index (χ3v) is 5.02. The molecular weight excluding hydrogens is 361 g/mol. The standard InChI is InChI=1S/C18H21Cl2N3O2/c19-16-4-1-5-17(20)15(16)12-22-6-8-23(9-7-22)13-18(24)21-11-14-3-2-10-25-14/h1-5,10H,6-9,11-13H2,(H,21,24). The van der Waals surface area contributed by atoms with Gasteiger partial charge < -0.3 is 9.73 Å². The molecule has 1 fully saturated rings. The van der Waals surface area contributed by atoms with Crippen LogP contribution in [0, 0.1) is 0 Å². The van der Waals surface area contributed by atoms with Crippen LogP contribution in [0.15, 0.2) is 41.0 Å². The maximum atomic E-state index is 12.0. The second kappa shape index (κ2) is 8.72. The third-order valence-electron chi connectivity index (χ3n) is 4.32. The fourth-order valence-electron chi connectivity index (χ4n) is 2.87. The van der Waals surface area contributed by atoms with Gasteiger partial charge in [-0.15, -0.1) is 0 Å². The van der Waals surface area contributed by atoms with Crippen LogP contribution in [-0.2, 0) is 17.9 Å². The zero-order chi connectivity index (χ0) is 17.6. The zero-order valence-electron chi connectivity index (χ0n) is 13.9. The first-order valence-corrected chi connectivity index (χ1v) is 9.04. The zero-order valence-corrected chi connectivity index (χ0v) is 15.4. The lowest BCUT2D eigenvalue weighted by molar-refractivity contribution is -0.122. The highest BCUT2D eigenvalue weighted by Crippen LogP contribution is 2.26. The van der Waals surface area contributed by atoms with Crippen molar-refractivity contribution in [3.05, 3.63) is 58.0 Å². The quantitative estimate of drug-likeness (QED) is 0.835. The van der Waals surface area contributed by atoms with E-state index >= 15 is 0 Å². The van der Waals surface area contributed by atoms with E-state index in [0.717, 1.165) is 44.0 Å². The number of rotatable bonds is 6.